The van der Waals surface area contributed by atoms with E-state index in [0.29, 0.717) is 30.9 Å². The van der Waals surface area contributed by atoms with Gasteiger partial charge in [0.15, 0.2) is 6.61 Å². The molecule has 1 amide bonds. The van der Waals surface area contributed by atoms with Crippen LogP contribution in [0.4, 0.5) is 5.69 Å². The zero-order valence-corrected chi connectivity index (χ0v) is 10.7. The normalized spacial score (nSPS) is 15.9. The van der Waals surface area contributed by atoms with E-state index in [4.69, 9.17) is 16.2 Å². The number of nitrogens with two attached hydrogens (primary N) is 2. The van der Waals surface area contributed by atoms with Gasteiger partial charge in [0.05, 0.1) is 18.3 Å². The maximum absolute atomic E-state index is 11.9. The van der Waals surface area contributed by atoms with Crippen LogP contribution in [0, 0.1) is 0 Å². The number of ether oxygens (including phenoxy) is 1. The number of aliphatic hydroxyl groups is 1. The third kappa shape index (κ3) is 3.04. The van der Waals surface area contributed by atoms with Crippen LogP contribution in [0.25, 0.3) is 0 Å². The molecule has 0 fully saturated rings. The number of fused-ring (bicyclic) bond motifs is 1. The molecule has 1 unspecified atom stereocenters. The van der Waals surface area contributed by atoms with Gasteiger partial charge in [-0.3, -0.25) is 4.79 Å². The molecular formula is C13H19N3O3. The summed E-state index contributed by atoms with van der Waals surface area (Å²) in [6, 6.07) is 5.48. The van der Waals surface area contributed by atoms with E-state index >= 15 is 0 Å². The van der Waals surface area contributed by atoms with E-state index in [9.17, 15) is 9.90 Å². The molecule has 0 saturated carbocycles. The van der Waals surface area contributed by atoms with Crippen LogP contribution in [-0.4, -0.2) is 36.8 Å². The topological polar surface area (TPSA) is 102 Å². The molecule has 6 nitrogen and oxygen atoms in total. The Morgan fingerprint density at radius 2 is 2.21 bits per heavy atom. The number of nitrogens with zero attached hydrogens (tertiary/aromatic N) is 1. The Morgan fingerprint density at radius 1 is 1.42 bits per heavy atom. The second-order valence-corrected chi connectivity index (χ2v) is 4.53. The highest BCUT2D eigenvalue weighted by Crippen LogP contribution is 2.33. The van der Waals surface area contributed by atoms with Crippen LogP contribution in [0.15, 0.2) is 18.2 Å². The summed E-state index contributed by atoms with van der Waals surface area (Å²) < 4.78 is 5.37. The summed E-state index contributed by atoms with van der Waals surface area (Å²) in [5.41, 5.74) is 12.6. The first-order valence-electron chi connectivity index (χ1n) is 6.30. The summed E-state index contributed by atoms with van der Waals surface area (Å²) in [4.78, 5) is 13.5. The standard InChI is InChI=1S/C13H19N3O3/c14-4-3-10(17)7-16-11-5-9(6-15)1-2-12(11)19-8-13(16)18/h1-2,5,10,17H,3-4,6-8,14-15H2. The number of carbonyl (C=O) groups is 1. The first-order valence-corrected chi connectivity index (χ1v) is 6.30. The maximum Gasteiger partial charge on any atom is 0.265 e. The van der Waals surface area contributed by atoms with Crippen molar-refractivity contribution < 1.29 is 14.6 Å². The summed E-state index contributed by atoms with van der Waals surface area (Å²) in [7, 11) is 0. The van der Waals surface area contributed by atoms with E-state index in [1.165, 1.54) is 0 Å². The minimum Gasteiger partial charge on any atom is -0.482 e. The van der Waals surface area contributed by atoms with Gasteiger partial charge in [-0.15, -0.1) is 0 Å². The van der Waals surface area contributed by atoms with Crippen molar-refractivity contribution in [1.29, 1.82) is 0 Å². The lowest BCUT2D eigenvalue weighted by Gasteiger charge is -2.31. The highest BCUT2D eigenvalue weighted by atomic mass is 16.5. The molecule has 0 radical (unpaired) electrons. The third-order valence-corrected chi connectivity index (χ3v) is 3.10. The molecule has 6 heteroatoms. The second kappa shape index (κ2) is 6.01. The van der Waals surface area contributed by atoms with Gasteiger partial charge in [0.25, 0.3) is 5.91 Å². The molecule has 104 valence electrons. The van der Waals surface area contributed by atoms with E-state index in [-0.39, 0.29) is 19.1 Å². The maximum atomic E-state index is 11.9. The summed E-state index contributed by atoms with van der Waals surface area (Å²) in [5.74, 6) is 0.467. The Labute approximate surface area is 111 Å². The fourth-order valence-electron chi connectivity index (χ4n) is 2.07. The molecule has 1 aromatic rings. The second-order valence-electron chi connectivity index (χ2n) is 4.53. The Kier molecular flexibility index (Phi) is 4.36. The molecule has 1 aromatic carbocycles. The van der Waals surface area contributed by atoms with Crippen molar-refractivity contribution in [2.45, 2.75) is 19.1 Å². The molecule has 1 heterocycles. The third-order valence-electron chi connectivity index (χ3n) is 3.10. The van der Waals surface area contributed by atoms with Gasteiger partial charge in [-0.2, -0.15) is 0 Å². The van der Waals surface area contributed by atoms with Crippen molar-refractivity contribution >= 4 is 11.6 Å². The predicted molar refractivity (Wildman–Crippen MR) is 71.9 cm³/mol. The first kappa shape index (κ1) is 13.8. The van der Waals surface area contributed by atoms with Crippen molar-refractivity contribution in [3.05, 3.63) is 23.8 Å². The summed E-state index contributed by atoms with van der Waals surface area (Å²) in [6.07, 6.45) is -0.183. The average Bonchev–Trinajstić information content (AvgIpc) is 2.42. The number of hydrogen-bond donors (Lipinski definition) is 3. The SMILES string of the molecule is NCCC(O)CN1C(=O)COc2ccc(CN)cc21. The van der Waals surface area contributed by atoms with Crippen LogP contribution in [0.1, 0.15) is 12.0 Å². The van der Waals surface area contributed by atoms with Crippen molar-refractivity contribution in [1.82, 2.24) is 0 Å². The lowest BCUT2D eigenvalue weighted by Crippen LogP contribution is -2.43. The van der Waals surface area contributed by atoms with Crippen LogP contribution in [-0.2, 0) is 11.3 Å². The van der Waals surface area contributed by atoms with Gasteiger partial charge >= 0.3 is 0 Å². The summed E-state index contributed by atoms with van der Waals surface area (Å²) in [6.45, 7) is 0.987. The summed E-state index contributed by atoms with van der Waals surface area (Å²) >= 11 is 0. The molecule has 0 saturated heterocycles. The van der Waals surface area contributed by atoms with Gasteiger partial charge in [-0.1, -0.05) is 6.07 Å². The fourth-order valence-corrected chi connectivity index (χ4v) is 2.07. The fraction of sp³-hybridized carbons (Fsp3) is 0.462. The van der Waals surface area contributed by atoms with E-state index in [1.807, 2.05) is 12.1 Å². The van der Waals surface area contributed by atoms with Crippen molar-refractivity contribution in [2.24, 2.45) is 11.5 Å². The molecule has 0 spiro atoms. The number of anilines is 1. The Morgan fingerprint density at radius 3 is 2.89 bits per heavy atom. The van der Waals surface area contributed by atoms with Crippen LogP contribution in [0.5, 0.6) is 5.75 Å². The van der Waals surface area contributed by atoms with Crippen LogP contribution in [0.2, 0.25) is 0 Å². The lowest BCUT2D eigenvalue weighted by atomic mass is 10.1. The molecule has 1 atom stereocenters. The van der Waals surface area contributed by atoms with E-state index in [2.05, 4.69) is 0 Å². The number of carbonyl (C=O) groups excluding carboxylic acids is 1. The zero-order chi connectivity index (χ0) is 13.8. The van der Waals surface area contributed by atoms with Gasteiger partial charge in [0.1, 0.15) is 5.75 Å². The van der Waals surface area contributed by atoms with Gasteiger partial charge in [0, 0.05) is 6.54 Å². The largest absolute Gasteiger partial charge is 0.482 e. The molecule has 0 aliphatic carbocycles. The van der Waals surface area contributed by atoms with E-state index in [1.54, 1.807) is 11.0 Å². The monoisotopic (exact) mass is 265 g/mol. The van der Waals surface area contributed by atoms with Crippen LogP contribution >= 0.6 is 0 Å². The smallest absolute Gasteiger partial charge is 0.265 e. The number of benzene rings is 1. The van der Waals surface area contributed by atoms with Gasteiger partial charge in [-0.25, -0.2) is 0 Å². The molecule has 2 rings (SSSR count). The number of rotatable bonds is 5. The Balaban J connectivity index is 2.25. The van der Waals surface area contributed by atoms with Crippen molar-refractivity contribution in [3.63, 3.8) is 0 Å². The first-order chi connectivity index (χ1) is 9.15. The minimum absolute atomic E-state index is 0.00961. The van der Waals surface area contributed by atoms with E-state index in [0.717, 1.165) is 5.56 Å². The van der Waals surface area contributed by atoms with Crippen LogP contribution in [0.3, 0.4) is 0 Å². The highest BCUT2D eigenvalue weighted by molar-refractivity contribution is 5.98. The zero-order valence-electron chi connectivity index (χ0n) is 10.7. The average molecular weight is 265 g/mol. The van der Waals surface area contributed by atoms with Crippen molar-refractivity contribution in [2.75, 3.05) is 24.6 Å². The quantitative estimate of drug-likeness (QED) is 0.671. The van der Waals surface area contributed by atoms with Crippen molar-refractivity contribution in [3.8, 4) is 5.75 Å². The number of β-amino-alcohol motifs (C(OH)–C–C–N with tert-alkyl or cyclic N) is 1. The number of hydrogen-bond acceptors (Lipinski definition) is 5. The van der Waals surface area contributed by atoms with Gasteiger partial charge < -0.3 is 26.2 Å². The van der Waals surface area contributed by atoms with Gasteiger partial charge in [-0.05, 0) is 30.7 Å². The predicted octanol–water partition coefficient (Wildman–Crippen LogP) is -0.420. The molecule has 1 aliphatic heterocycles. The Hall–Kier alpha value is -1.63. The molecule has 0 bridgehead atoms. The Bertz CT molecular complexity index is 464. The summed E-state index contributed by atoms with van der Waals surface area (Å²) in [5, 5.41) is 9.83. The minimum atomic E-state index is -0.638. The lowest BCUT2D eigenvalue weighted by molar-refractivity contribution is -0.121. The molecule has 5 N–H and O–H groups in total. The molecule has 0 aromatic heterocycles. The molecule has 1 aliphatic rings. The van der Waals surface area contributed by atoms with E-state index < -0.39 is 6.10 Å². The van der Waals surface area contributed by atoms with Gasteiger partial charge in [0.2, 0.25) is 0 Å². The highest BCUT2D eigenvalue weighted by Gasteiger charge is 2.27. The van der Waals surface area contributed by atoms with Crippen LogP contribution < -0.4 is 21.1 Å². The number of aliphatic hydroxyl groups excluding tert-OH is 1. The number of amides is 1. The molecular weight excluding hydrogens is 246 g/mol. The molecule has 19 heavy (non-hydrogen) atoms.